The lowest BCUT2D eigenvalue weighted by molar-refractivity contribution is 0.0728. The van der Waals surface area contributed by atoms with E-state index in [4.69, 9.17) is 0 Å². The average Bonchev–Trinajstić information content (AvgIpc) is 3.28. The van der Waals surface area contributed by atoms with Crippen LogP contribution in [0.5, 0.6) is 0 Å². The molecule has 0 radical (unpaired) electrons. The molecule has 30 heavy (non-hydrogen) atoms. The molecule has 150 valence electrons. The van der Waals surface area contributed by atoms with Gasteiger partial charge in [0, 0.05) is 37.1 Å². The van der Waals surface area contributed by atoms with Crippen LogP contribution in [0.3, 0.4) is 0 Å². The maximum atomic E-state index is 13.0. The second-order valence-corrected chi connectivity index (χ2v) is 7.48. The predicted molar refractivity (Wildman–Crippen MR) is 115 cm³/mol. The summed E-state index contributed by atoms with van der Waals surface area (Å²) in [5.74, 6) is -0.0612. The zero-order valence-electron chi connectivity index (χ0n) is 16.5. The van der Waals surface area contributed by atoms with Crippen molar-refractivity contribution >= 4 is 16.8 Å². The summed E-state index contributed by atoms with van der Waals surface area (Å²) in [4.78, 5) is 14.8. The molecular formula is C23H22N6O. The van der Waals surface area contributed by atoms with Gasteiger partial charge in [0.1, 0.15) is 0 Å². The lowest BCUT2D eigenvalue weighted by atomic mass is 9.98. The molecule has 1 aliphatic heterocycles. The van der Waals surface area contributed by atoms with Crippen LogP contribution in [0.1, 0.15) is 21.6 Å². The molecule has 0 bridgehead atoms. The fourth-order valence-electron chi connectivity index (χ4n) is 3.84. The Hall–Kier alpha value is -3.58. The highest BCUT2D eigenvalue weighted by Crippen LogP contribution is 2.27. The molecule has 0 unspecified atom stereocenters. The number of piperazine rings is 1. The molecule has 5 rings (SSSR count). The van der Waals surface area contributed by atoms with Gasteiger partial charge in [-0.2, -0.15) is 5.10 Å². The third-order valence-electron chi connectivity index (χ3n) is 5.45. The number of benzene rings is 2. The first-order chi connectivity index (χ1) is 14.8. The van der Waals surface area contributed by atoms with Crippen LogP contribution in [0.2, 0.25) is 0 Å². The Kier molecular flexibility index (Phi) is 4.94. The minimum atomic E-state index is -0.0612. The first kappa shape index (κ1) is 18.4. The van der Waals surface area contributed by atoms with Crippen LogP contribution < -0.4 is 5.32 Å². The number of carbonyl (C=O) groups is 1. The Bertz CT molecular complexity index is 1180. The molecule has 1 fully saturated rings. The Morgan fingerprint density at radius 1 is 1.00 bits per heavy atom. The topological polar surface area (TPSA) is 86.8 Å². The van der Waals surface area contributed by atoms with Crippen LogP contribution in [0.25, 0.3) is 22.2 Å². The normalized spacial score (nSPS) is 14.2. The van der Waals surface area contributed by atoms with E-state index >= 15 is 0 Å². The number of amides is 1. The highest BCUT2D eigenvalue weighted by molar-refractivity contribution is 5.93. The molecule has 2 N–H and O–H groups in total. The number of nitrogens with one attached hydrogen (secondary N) is 2. The molecule has 0 spiro atoms. The minimum Gasteiger partial charge on any atom is -0.335 e. The summed E-state index contributed by atoms with van der Waals surface area (Å²) < 4.78 is 0. The van der Waals surface area contributed by atoms with E-state index in [0.29, 0.717) is 25.2 Å². The molecule has 1 amide bonds. The van der Waals surface area contributed by atoms with Gasteiger partial charge in [-0.25, -0.2) is 0 Å². The van der Waals surface area contributed by atoms with Crippen molar-refractivity contribution in [2.24, 2.45) is 0 Å². The van der Waals surface area contributed by atoms with Crippen LogP contribution in [0.4, 0.5) is 0 Å². The van der Waals surface area contributed by atoms with Gasteiger partial charge in [-0.05, 0) is 29.7 Å². The average molecular weight is 398 g/mol. The van der Waals surface area contributed by atoms with Crippen molar-refractivity contribution in [2.45, 2.75) is 6.42 Å². The van der Waals surface area contributed by atoms with Crippen molar-refractivity contribution in [2.75, 3.05) is 26.2 Å². The highest BCUT2D eigenvalue weighted by Gasteiger charge is 2.21. The van der Waals surface area contributed by atoms with E-state index in [1.807, 2.05) is 47.4 Å². The third-order valence-corrected chi connectivity index (χ3v) is 5.45. The second-order valence-electron chi connectivity index (χ2n) is 7.48. The number of aromatic amines is 1. The number of rotatable bonds is 4. The van der Waals surface area contributed by atoms with Gasteiger partial charge >= 0.3 is 0 Å². The Morgan fingerprint density at radius 2 is 1.83 bits per heavy atom. The van der Waals surface area contributed by atoms with Crippen molar-refractivity contribution < 1.29 is 4.79 Å². The minimum absolute atomic E-state index is 0.0612. The molecule has 2 aromatic carbocycles. The summed E-state index contributed by atoms with van der Waals surface area (Å²) in [6.07, 6.45) is 2.47. The SMILES string of the molecule is O=C(c1cc(Cc2ccccc2)c(-c2ccc3cn[nH]c3c2)nn1)N1CCNCC1. The maximum Gasteiger partial charge on any atom is 0.274 e. The fraction of sp³-hybridized carbons (Fsp3) is 0.217. The molecule has 2 aromatic heterocycles. The molecule has 3 heterocycles. The summed E-state index contributed by atoms with van der Waals surface area (Å²) >= 11 is 0. The van der Waals surface area contributed by atoms with Gasteiger partial charge in [-0.15, -0.1) is 10.2 Å². The van der Waals surface area contributed by atoms with Crippen LogP contribution in [-0.2, 0) is 6.42 Å². The number of carbonyl (C=O) groups excluding carboxylic acids is 1. The number of hydrogen-bond donors (Lipinski definition) is 2. The number of nitrogens with zero attached hydrogens (tertiary/aromatic N) is 4. The van der Waals surface area contributed by atoms with Gasteiger partial charge in [0.15, 0.2) is 5.69 Å². The van der Waals surface area contributed by atoms with E-state index < -0.39 is 0 Å². The molecule has 0 atom stereocenters. The Balaban J connectivity index is 1.55. The molecule has 1 aliphatic rings. The molecular weight excluding hydrogens is 376 g/mol. The number of fused-ring (bicyclic) bond motifs is 1. The summed E-state index contributed by atoms with van der Waals surface area (Å²) in [6, 6.07) is 18.2. The summed E-state index contributed by atoms with van der Waals surface area (Å²) in [7, 11) is 0. The monoisotopic (exact) mass is 398 g/mol. The number of H-pyrrole nitrogens is 1. The summed E-state index contributed by atoms with van der Waals surface area (Å²) in [6.45, 7) is 2.98. The largest absolute Gasteiger partial charge is 0.335 e. The van der Waals surface area contributed by atoms with Crippen molar-refractivity contribution in [1.82, 2.24) is 30.6 Å². The van der Waals surface area contributed by atoms with Gasteiger partial charge in [0.25, 0.3) is 5.91 Å². The van der Waals surface area contributed by atoms with E-state index in [-0.39, 0.29) is 5.91 Å². The van der Waals surface area contributed by atoms with E-state index in [2.05, 4.69) is 37.8 Å². The Labute approximate surface area is 174 Å². The molecule has 0 aliphatic carbocycles. The lowest BCUT2D eigenvalue weighted by Gasteiger charge is -2.27. The van der Waals surface area contributed by atoms with Gasteiger partial charge in [-0.1, -0.05) is 42.5 Å². The fourth-order valence-corrected chi connectivity index (χ4v) is 3.84. The van der Waals surface area contributed by atoms with Crippen molar-refractivity contribution in [1.29, 1.82) is 0 Å². The lowest BCUT2D eigenvalue weighted by Crippen LogP contribution is -2.46. The van der Waals surface area contributed by atoms with E-state index in [1.165, 1.54) is 0 Å². The van der Waals surface area contributed by atoms with Crippen molar-refractivity contribution in [3.05, 3.63) is 77.6 Å². The van der Waals surface area contributed by atoms with Crippen LogP contribution >= 0.6 is 0 Å². The molecule has 7 heteroatoms. The Morgan fingerprint density at radius 3 is 2.67 bits per heavy atom. The zero-order valence-corrected chi connectivity index (χ0v) is 16.5. The molecule has 4 aromatic rings. The quantitative estimate of drug-likeness (QED) is 0.552. The number of hydrogen-bond acceptors (Lipinski definition) is 5. The summed E-state index contributed by atoms with van der Waals surface area (Å²) in [5, 5.41) is 20.2. The first-order valence-corrected chi connectivity index (χ1v) is 10.1. The maximum absolute atomic E-state index is 13.0. The first-order valence-electron chi connectivity index (χ1n) is 10.1. The van der Waals surface area contributed by atoms with Crippen LogP contribution in [-0.4, -0.2) is 57.4 Å². The number of aromatic nitrogens is 4. The van der Waals surface area contributed by atoms with Gasteiger partial charge in [-0.3, -0.25) is 9.89 Å². The smallest absolute Gasteiger partial charge is 0.274 e. The molecule has 1 saturated heterocycles. The van der Waals surface area contributed by atoms with Crippen molar-refractivity contribution in [3.63, 3.8) is 0 Å². The van der Waals surface area contributed by atoms with Crippen LogP contribution in [0, 0.1) is 0 Å². The van der Waals surface area contributed by atoms with Gasteiger partial charge in [0.2, 0.25) is 0 Å². The van der Waals surface area contributed by atoms with Crippen LogP contribution in [0.15, 0.2) is 60.8 Å². The van der Waals surface area contributed by atoms with E-state index in [9.17, 15) is 4.79 Å². The van der Waals surface area contributed by atoms with E-state index in [0.717, 1.165) is 46.4 Å². The third kappa shape index (κ3) is 3.67. The standard InChI is InChI=1S/C23H22N6O/c30-23(29-10-8-24-9-11-29)21-14-19(12-16-4-2-1-3-5-16)22(28-27-21)17-6-7-18-15-25-26-20(18)13-17/h1-7,13-15,24H,8-12H2,(H,25,26). The van der Waals surface area contributed by atoms with Crippen molar-refractivity contribution in [3.8, 4) is 11.3 Å². The highest BCUT2D eigenvalue weighted by atomic mass is 16.2. The molecule has 7 nitrogen and oxygen atoms in total. The second kappa shape index (κ2) is 8.04. The van der Waals surface area contributed by atoms with Gasteiger partial charge < -0.3 is 10.2 Å². The van der Waals surface area contributed by atoms with Gasteiger partial charge in [0.05, 0.1) is 17.4 Å². The zero-order chi connectivity index (χ0) is 20.3. The summed E-state index contributed by atoms with van der Waals surface area (Å²) in [5.41, 5.74) is 5.22. The van der Waals surface area contributed by atoms with E-state index in [1.54, 1.807) is 6.20 Å². The molecule has 0 saturated carbocycles. The predicted octanol–water partition coefficient (Wildman–Crippen LogP) is 2.66.